The third kappa shape index (κ3) is 3.80. The van der Waals surface area contributed by atoms with Crippen molar-refractivity contribution in [3.63, 3.8) is 0 Å². The lowest BCUT2D eigenvalue weighted by molar-refractivity contribution is -0.176. The lowest BCUT2D eigenvalue weighted by Gasteiger charge is -2.56. The lowest BCUT2D eigenvalue weighted by atomic mass is 9.54. The summed E-state index contributed by atoms with van der Waals surface area (Å²) in [6.45, 7) is 6.17. The highest BCUT2D eigenvalue weighted by Gasteiger charge is 2.51. The Morgan fingerprint density at radius 1 is 0.917 bits per heavy atom. The molecule has 5 rings (SSSR count). The van der Waals surface area contributed by atoms with E-state index in [-0.39, 0.29) is 18.3 Å². The number of aliphatic hydroxyl groups is 2. The molecule has 0 amide bonds. The molecule has 1 atom stereocenters. The van der Waals surface area contributed by atoms with Crippen molar-refractivity contribution in [3.8, 4) is 0 Å². The average Bonchev–Trinajstić information content (AvgIpc) is 2.54. The molecule has 0 aromatic heterocycles. The molecule has 138 valence electrons. The summed E-state index contributed by atoms with van der Waals surface area (Å²) in [6.07, 6.45) is 7.65. The molecule has 2 N–H and O–H groups in total. The summed E-state index contributed by atoms with van der Waals surface area (Å²) in [5, 5.41) is 19.5. The van der Waals surface area contributed by atoms with Crippen molar-refractivity contribution in [3.05, 3.63) is 0 Å². The Kier molecular flexibility index (Phi) is 5.17. The number of rotatable bonds is 7. The van der Waals surface area contributed by atoms with Crippen LogP contribution in [0.1, 0.15) is 38.5 Å². The molecule has 4 bridgehead atoms. The Morgan fingerprint density at radius 3 is 2.00 bits per heavy atom. The first-order chi connectivity index (χ1) is 11.6. The van der Waals surface area contributed by atoms with Crippen LogP contribution in [0.3, 0.4) is 0 Å². The standard InChI is InChI=1S/C19H34N2O3/c22-6-5-20-1-3-21(4-2-20)13-18(23)14-24-19-10-15-7-16(11-19)9-17(8-15)12-19/h15-18,22-23H,1-14H2. The topological polar surface area (TPSA) is 56.2 Å². The van der Waals surface area contributed by atoms with Crippen LogP contribution in [0, 0.1) is 17.8 Å². The fourth-order valence-corrected chi connectivity index (χ4v) is 6.17. The molecule has 4 saturated carbocycles. The molecule has 1 heterocycles. The van der Waals surface area contributed by atoms with Crippen LogP contribution in [0.15, 0.2) is 0 Å². The largest absolute Gasteiger partial charge is 0.395 e. The number of hydrogen-bond acceptors (Lipinski definition) is 5. The molecule has 0 spiro atoms. The minimum Gasteiger partial charge on any atom is -0.395 e. The number of ether oxygens (including phenoxy) is 1. The van der Waals surface area contributed by atoms with E-state index in [2.05, 4.69) is 9.80 Å². The third-order valence-electron chi connectivity index (χ3n) is 6.91. The predicted molar refractivity (Wildman–Crippen MR) is 92.8 cm³/mol. The molecule has 0 radical (unpaired) electrons. The summed E-state index contributed by atoms with van der Waals surface area (Å²) in [7, 11) is 0. The van der Waals surface area contributed by atoms with Gasteiger partial charge in [0.1, 0.15) is 0 Å². The number of nitrogens with zero attached hydrogens (tertiary/aromatic N) is 2. The Bertz CT molecular complexity index is 388. The monoisotopic (exact) mass is 338 g/mol. The van der Waals surface area contributed by atoms with E-state index in [1.54, 1.807) is 0 Å². The minimum absolute atomic E-state index is 0.107. The second-order valence-electron chi connectivity index (χ2n) is 8.93. The Hall–Kier alpha value is -0.200. The summed E-state index contributed by atoms with van der Waals surface area (Å²) < 4.78 is 6.39. The van der Waals surface area contributed by atoms with Crippen molar-refractivity contribution in [1.82, 2.24) is 9.80 Å². The minimum atomic E-state index is -0.373. The van der Waals surface area contributed by atoms with E-state index in [4.69, 9.17) is 9.84 Å². The maximum atomic E-state index is 10.5. The summed E-state index contributed by atoms with van der Waals surface area (Å²) in [5.41, 5.74) is 0.107. The molecule has 0 aromatic carbocycles. The maximum Gasteiger partial charge on any atom is 0.0900 e. The van der Waals surface area contributed by atoms with Gasteiger partial charge < -0.3 is 14.9 Å². The molecular formula is C19H34N2O3. The van der Waals surface area contributed by atoms with Gasteiger partial charge in [-0.15, -0.1) is 0 Å². The zero-order valence-corrected chi connectivity index (χ0v) is 14.9. The summed E-state index contributed by atoms with van der Waals surface area (Å²) >= 11 is 0. The molecular weight excluding hydrogens is 304 g/mol. The SMILES string of the molecule is OCCN1CCN(CC(O)COC23CC4CC(CC(C4)C2)C3)CC1. The number of aliphatic hydroxyl groups excluding tert-OH is 2. The van der Waals surface area contributed by atoms with Crippen LogP contribution in [0.25, 0.3) is 0 Å². The fraction of sp³-hybridized carbons (Fsp3) is 1.00. The summed E-state index contributed by atoms with van der Waals surface area (Å²) in [4.78, 5) is 4.62. The normalized spacial score (nSPS) is 41.0. The Morgan fingerprint density at radius 2 is 1.46 bits per heavy atom. The molecule has 1 saturated heterocycles. The van der Waals surface area contributed by atoms with Gasteiger partial charge in [0.05, 0.1) is 24.9 Å². The second-order valence-corrected chi connectivity index (χ2v) is 8.93. The van der Waals surface area contributed by atoms with Gasteiger partial charge in [0, 0.05) is 39.3 Å². The van der Waals surface area contributed by atoms with Crippen molar-refractivity contribution in [1.29, 1.82) is 0 Å². The van der Waals surface area contributed by atoms with E-state index in [9.17, 15) is 5.11 Å². The van der Waals surface area contributed by atoms with Gasteiger partial charge >= 0.3 is 0 Å². The van der Waals surface area contributed by atoms with Gasteiger partial charge in [-0.3, -0.25) is 9.80 Å². The molecule has 5 aliphatic rings. The van der Waals surface area contributed by atoms with Crippen LogP contribution in [0.5, 0.6) is 0 Å². The molecule has 5 fully saturated rings. The van der Waals surface area contributed by atoms with Crippen LogP contribution in [0.4, 0.5) is 0 Å². The molecule has 5 nitrogen and oxygen atoms in total. The van der Waals surface area contributed by atoms with Crippen LogP contribution in [-0.4, -0.2) is 84.2 Å². The van der Waals surface area contributed by atoms with Crippen molar-refractivity contribution >= 4 is 0 Å². The zero-order valence-electron chi connectivity index (χ0n) is 14.9. The van der Waals surface area contributed by atoms with Crippen LogP contribution >= 0.6 is 0 Å². The van der Waals surface area contributed by atoms with Gasteiger partial charge in [-0.2, -0.15) is 0 Å². The third-order valence-corrected chi connectivity index (χ3v) is 6.91. The van der Waals surface area contributed by atoms with Crippen molar-refractivity contribution in [2.24, 2.45) is 17.8 Å². The molecule has 5 heteroatoms. The van der Waals surface area contributed by atoms with Gasteiger partial charge in [0.25, 0.3) is 0 Å². The van der Waals surface area contributed by atoms with E-state index in [1.165, 1.54) is 38.5 Å². The van der Waals surface area contributed by atoms with Gasteiger partial charge in [-0.25, -0.2) is 0 Å². The van der Waals surface area contributed by atoms with Gasteiger partial charge in [0.2, 0.25) is 0 Å². The fourth-order valence-electron chi connectivity index (χ4n) is 6.17. The smallest absolute Gasteiger partial charge is 0.0900 e. The van der Waals surface area contributed by atoms with Crippen LogP contribution in [-0.2, 0) is 4.74 Å². The van der Waals surface area contributed by atoms with E-state index < -0.39 is 0 Å². The lowest BCUT2D eigenvalue weighted by Crippen LogP contribution is -2.53. The van der Waals surface area contributed by atoms with Crippen molar-refractivity contribution in [2.45, 2.75) is 50.2 Å². The van der Waals surface area contributed by atoms with Crippen molar-refractivity contribution < 1.29 is 14.9 Å². The maximum absolute atomic E-state index is 10.5. The average molecular weight is 338 g/mol. The highest BCUT2D eigenvalue weighted by Crippen LogP contribution is 2.57. The molecule has 4 aliphatic carbocycles. The van der Waals surface area contributed by atoms with Crippen LogP contribution < -0.4 is 0 Å². The second kappa shape index (κ2) is 7.20. The predicted octanol–water partition coefficient (Wildman–Crippen LogP) is 0.943. The Balaban J connectivity index is 1.21. The first kappa shape index (κ1) is 17.2. The van der Waals surface area contributed by atoms with E-state index in [1.807, 2.05) is 0 Å². The van der Waals surface area contributed by atoms with Gasteiger partial charge in [0.15, 0.2) is 0 Å². The highest BCUT2D eigenvalue weighted by molar-refractivity contribution is 5.03. The highest BCUT2D eigenvalue weighted by atomic mass is 16.5. The molecule has 1 aliphatic heterocycles. The van der Waals surface area contributed by atoms with E-state index in [0.29, 0.717) is 6.61 Å². The number of piperazine rings is 1. The van der Waals surface area contributed by atoms with Gasteiger partial charge in [-0.05, 0) is 56.3 Å². The quantitative estimate of drug-likeness (QED) is 0.724. The molecule has 0 aromatic rings. The van der Waals surface area contributed by atoms with E-state index >= 15 is 0 Å². The molecule has 1 unspecified atom stereocenters. The summed E-state index contributed by atoms with van der Waals surface area (Å²) in [5.74, 6) is 2.69. The first-order valence-corrected chi connectivity index (χ1v) is 10.0. The zero-order chi connectivity index (χ0) is 16.6. The summed E-state index contributed by atoms with van der Waals surface area (Å²) in [6, 6.07) is 0. The Labute approximate surface area is 146 Å². The van der Waals surface area contributed by atoms with E-state index in [0.717, 1.165) is 57.0 Å². The van der Waals surface area contributed by atoms with Crippen molar-refractivity contribution in [2.75, 3.05) is 52.5 Å². The number of hydrogen-bond donors (Lipinski definition) is 2. The van der Waals surface area contributed by atoms with Gasteiger partial charge in [-0.1, -0.05) is 0 Å². The first-order valence-electron chi connectivity index (χ1n) is 10.0. The molecule has 24 heavy (non-hydrogen) atoms. The number of β-amino-alcohol motifs (C(OH)–C–C–N with tert-alkyl or cyclic N) is 2. The van der Waals surface area contributed by atoms with Crippen LogP contribution in [0.2, 0.25) is 0 Å².